The molecule has 0 bridgehead atoms. The van der Waals surface area contributed by atoms with Gasteiger partial charge in [-0.15, -0.1) is 10.2 Å². The van der Waals surface area contributed by atoms with Crippen molar-refractivity contribution in [3.05, 3.63) is 65.1 Å². The maximum absolute atomic E-state index is 5.42. The minimum Gasteiger partial charge on any atom is -0.347 e. The van der Waals surface area contributed by atoms with Gasteiger partial charge in [0.2, 0.25) is 11.7 Å². The van der Waals surface area contributed by atoms with Gasteiger partial charge in [0.25, 0.3) is 0 Å². The molecule has 5 rings (SSSR count). The van der Waals surface area contributed by atoms with E-state index in [9.17, 15) is 0 Å². The fraction of sp³-hybridized carbons (Fsp3) is 0.182. The maximum atomic E-state index is 5.42. The molecule has 7 nitrogen and oxygen atoms in total. The molecule has 0 spiro atoms. The molecule has 0 saturated heterocycles. The number of thioether (sulfide) groups is 1. The first kappa shape index (κ1) is 20.0. The summed E-state index contributed by atoms with van der Waals surface area (Å²) in [6, 6.07) is 16.2. The number of nitrogens with zero attached hydrogens (tertiary/aromatic N) is 6. The zero-order valence-corrected chi connectivity index (χ0v) is 19.4. The number of fused-ring (bicyclic) bond motifs is 1. The minimum atomic E-state index is 0.520. The molecule has 0 fully saturated rings. The Morgan fingerprint density at radius 3 is 2.68 bits per heavy atom. The zero-order valence-electron chi connectivity index (χ0n) is 17.0. The Balaban J connectivity index is 1.37. The first-order chi connectivity index (χ1) is 15.1. The molecule has 0 unspecified atom stereocenters. The summed E-state index contributed by atoms with van der Waals surface area (Å²) in [5.74, 6) is 2.49. The third kappa shape index (κ3) is 3.79. The van der Waals surface area contributed by atoms with Crippen LogP contribution in [0.2, 0.25) is 0 Å². The molecule has 0 atom stereocenters. The minimum absolute atomic E-state index is 0.520. The van der Waals surface area contributed by atoms with Crippen molar-refractivity contribution >= 4 is 38.6 Å². The Morgan fingerprint density at radius 2 is 1.87 bits per heavy atom. The predicted octanol–water partition coefficient (Wildman–Crippen LogP) is 5.56. The van der Waals surface area contributed by atoms with Crippen LogP contribution in [-0.2, 0) is 19.3 Å². The second-order valence-corrected chi connectivity index (χ2v) is 8.88. The number of benzene rings is 2. The monoisotopic (exact) mass is 494 g/mol. The number of aromatic nitrogens is 6. The van der Waals surface area contributed by atoms with E-state index in [1.807, 2.05) is 35.9 Å². The van der Waals surface area contributed by atoms with Crippen LogP contribution in [0.3, 0.4) is 0 Å². The molecule has 0 aliphatic rings. The number of aryl methyl sites for hydroxylation is 1. The van der Waals surface area contributed by atoms with Crippen LogP contribution < -0.4 is 0 Å². The van der Waals surface area contributed by atoms with Crippen LogP contribution in [0, 0.1) is 0 Å². The van der Waals surface area contributed by atoms with Gasteiger partial charge in [-0.3, -0.25) is 0 Å². The lowest BCUT2D eigenvalue weighted by atomic mass is 10.1. The summed E-state index contributed by atoms with van der Waals surface area (Å²) in [6.45, 7) is 3.04. The molecule has 3 heterocycles. The molecule has 31 heavy (non-hydrogen) atoms. The lowest BCUT2D eigenvalue weighted by Crippen LogP contribution is -1.95. The number of hydrogen-bond acceptors (Lipinski definition) is 6. The summed E-state index contributed by atoms with van der Waals surface area (Å²) in [6.07, 6.45) is 2.14. The molecule has 0 aliphatic carbocycles. The largest absolute Gasteiger partial charge is 0.347 e. The molecule has 0 radical (unpaired) electrons. The van der Waals surface area contributed by atoms with Gasteiger partial charge in [0, 0.05) is 46.3 Å². The van der Waals surface area contributed by atoms with Crippen molar-refractivity contribution in [2.75, 3.05) is 0 Å². The Bertz CT molecular complexity index is 1350. The topological polar surface area (TPSA) is 74.6 Å². The summed E-state index contributed by atoms with van der Waals surface area (Å²) < 4.78 is 10.7. The van der Waals surface area contributed by atoms with Crippen LogP contribution >= 0.6 is 27.7 Å². The molecule has 0 saturated carbocycles. The van der Waals surface area contributed by atoms with Crippen molar-refractivity contribution in [1.29, 1.82) is 0 Å². The number of para-hydroxylation sites is 1. The van der Waals surface area contributed by atoms with Crippen LogP contribution in [0.4, 0.5) is 0 Å². The highest BCUT2D eigenvalue weighted by molar-refractivity contribution is 9.10. The SMILES string of the molecule is CCn1cc(-c2nnc(SCc3nc(-c4ccc(Br)cc4)no3)n2C)c2ccccc21. The third-order valence-electron chi connectivity index (χ3n) is 5.10. The van der Waals surface area contributed by atoms with Gasteiger partial charge < -0.3 is 13.7 Å². The van der Waals surface area contributed by atoms with Gasteiger partial charge in [-0.05, 0) is 37.3 Å². The average molecular weight is 495 g/mol. The van der Waals surface area contributed by atoms with Gasteiger partial charge in [-0.2, -0.15) is 4.98 Å². The highest BCUT2D eigenvalue weighted by Gasteiger charge is 2.18. The van der Waals surface area contributed by atoms with E-state index < -0.39 is 0 Å². The first-order valence-corrected chi connectivity index (χ1v) is 11.6. The van der Waals surface area contributed by atoms with Gasteiger partial charge in [-0.1, -0.05) is 51.0 Å². The van der Waals surface area contributed by atoms with Gasteiger partial charge in [0.1, 0.15) is 0 Å². The van der Waals surface area contributed by atoms with E-state index in [1.54, 1.807) is 0 Å². The first-order valence-electron chi connectivity index (χ1n) is 9.83. The van der Waals surface area contributed by atoms with Gasteiger partial charge in [-0.25, -0.2) is 0 Å². The Hall–Kier alpha value is -2.91. The van der Waals surface area contributed by atoms with Crippen LogP contribution in [0.15, 0.2) is 68.9 Å². The van der Waals surface area contributed by atoms with Crippen LogP contribution in [0.25, 0.3) is 33.7 Å². The van der Waals surface area contributed by atoms with Crippen molar-refractivity contribution < 1.29 is 4.52 Å². The number of rotatable bonds is 6. The number of hydrogen-bond donors (Lipinski definition) is 0. The van der Waals surface area contributed by atoms with E-state index in [1.165, 1.54) is 22.7 Å². The molecule has 0 aliphatic heterocycles. The third-order valence-corrected chi connectivity index (χ3v) is 6.63. The molecular formula is C22H19BrN6OS. The van der Waals surface area contributed by atoms with Crippen LogP contribution in [0.5, 0.6) is 0 Å². The Morgan fingerprint density at radius 1 is 1.06 bits per heavy atom. The molecular weight excluding hydrogens is 476 g/mol. The maximum Gasteiger partial charge on any atom is 0.237 e. The Kier molecular flexibility index (Phi) is 5.37. The number of halogens is 1. The molecule has 0 amide bonds. The van der Waals surface area contributed by atoms with Crippen molar-refractivity contribution in [2.45, 2.75) is 24.4 Å². The standard InChI is InChI=1S/C22H19BrN6OS/c1-3-29-12-17(16-6-4-5-7-18(16)29)21-25-26-22(28(21)2)31-13-19-24-20(27-30-19)14-8-10-15(23)11-9-14/h4-12H,3,13H2,1-2H3. The molecule has 0 N–H and O–H groups in total. The molecule has 9 heteroatoms. The highest BCUT2D eigenvalue weighted by atomic mass is 79.9. The van der Waals surface area contributed by atoms with Crippen LogP contribution in [-0.4, -0.2) is 29.5 Å². The highest BCUT2D eigenvalue weighted by Crippen LogP contribution is 2.32. The van der Waals surface area contributed by atoms with Gasteiger partial charge in [0.05, 0.1) is 5.75 Å². The molecule has 156 valence electrons. The lowest BCUT2D eigenvalue weighted by Gasteiger charge is -2.02. The second-order valence-electron chi connectivity index (χ2n) is 7.02. The van der Waals surface area contributed by atoms with Crippen molar-refractivity contribution in [3.63, 3.8) is 0 Å². The van der Waals surface area contributed by atoms with Gasteiger partial charge in [0.15, 0.2) is 11.0 Å². The molecule has 2 aromatic carbocycles. The van der Waals surface area contributed by atoms with E-state index >= 15 is 0 Å². The molecule has 5 aromatic rings. The van der Waals surface area contributed by atoms with Crippen molar-refractivity contribution in [2.24, 2.45) is 7.05 Å². The second kappa shape index (κ2) is 8.32. The van der Waals surface area contributed by atoms with E-state index in [-0.39, 0.29) is 0 Å². The van der Waals surface area contributed by atoms with Crippen molar-refractivity contribution in [1.82, 2.24) is 29.5 Å². The van der Waals surface area contributed by atoms with E-state index in [0.29, 0.717) is 17.5 Å². The average Bonchev–Trinajstić information content (AvgIpc) is 3.50. The predicted molar refractivity (Wildman–Crippen MR) is 125 cm³/mol. The van der Waals surface area contributed by atoms with E-state index in [2.05, 4.69) is 78.2 Å². The van der Waals surface area contributed by atoms with Crippen LogP contribution in [0.1, 0.15) is 12.8 Å². The molecule has 3 aromatic heterocycles. The summed E-state index contributed by atoms with van der Waals surface area (Å²) in [7, 11) is 1.98. The fourth-order valence-electron chi connectivity index (χ4n) is 3.52. The fourth-order valence-corrected chi connectivity index (χ4v) is 4.53. The van der Waals surface area contributed by atoms with Gasteiger partial charge >= 0.3 is 0 Å². The quantitative estimate of drug-likeness (QED) is 0.287. The normalized spacial score (nSPS) is 11.5. The summed E-state index contributed by atoms with van der Waals surface area (Å²) in [4.78, 5) is 4.50. The van der Waals surface area contributed by atoms with E-state index in [0.717, 1.165) is 33.1 Å². The van der Waals surface area contributed by atoms with Crippen molar-refractivity contribution in [3.8, 4) is 22.8 Å². The Labute approximate surface area is 191 Å². The smallest absolute Gasteiger partial charge is 0.237 e. The van der Waals surface area contributed by atoms with E-state index in [4.69, 9.17) is 4.52 Å². The lowest BCUT2D eigenvalue weighted by molar-refractivity contribution is 0.391. The summed E-state index contributed by atoms with van der Waals surface area (Å²) in [5.41, 5.74) is 3.19. The zero-order chi connectivity index (χ0) is 21.4. The summed E-state index contributed by atoms with van der Waals surface area (Å²) in [5, 5.41) is 14.9. The summed E-state index contributed by atoms with van der Waals surface area (Å²) >= 11 is 4.96.